The van der Waals surface area contributed by atoms with Crippen LogP contribution in [0.5, 0.6) is 0 Å². The van der Waals surface area contributed by atoms with Crippen LogP contribution in [0.3, 0.4) is 0 Å². The van der Waals surface area contributed by atoms with Crippen molar-refractivity contribution in [2.24, 2.45) is 4.99 Å². The summed E-state index contributed by atoms with van der Waals surface area (Å²) in [6.07, 6.45) is 7.99. The molecule has 160 valence electrons. The Hall–Kier alpha value is -1.69. The number of hydrogen-bond donors (Lipinski definition) is 2. The minimum atomic E-state index is 0. The van der Waals surface area contributed by atoms with Gasteiger partial charge in [-0.3, -0.25) is 9.79 Å². The zero-order valence-electron chi connectivity index (χ0n) is 16.8. The molecular weight excluding hydrogens is 485 g/mol. The summed E-state index contributed by atoms with van der Waals surface area (Å²) in [5.41, 5.74) is 0. The summed E-state index contributed by atoms with van der Waals surface area (Å²) in [4.78, 5) is 29.4. The molecule has 3 aliphatic rings. The number of carbonyl (C=O) groups excluding carboxylic acids is 1. The Morgan fingerprint density at radius 2 is 2.00 bits per heavy atom. The van der Waals surface area contributed by atoms with Crippen LogP contribution < -0.4 is 15.5 Å². The molecule has 0 saturated carbocycles. The van der Waals surface area contributed by atoms with Gasteiger partial charge in [-0.1, -0.05) is 0 Å². The van der Waals surface area contributed by atoms with Crippen LogP contribution in [0.4, 0.5) is 5.95 Å². The second kappa shape index (κ2) is 10.4. The zero-order chi connectivity index (χ0) is 19.3. The fraction of sp³-hybridized carbons (Fsp3) is 0.684. The molecule has 3 atom stereocenters. The maximum Gasteiger partial charge on any atom is 0.225 e. The smallest absolute Gasteiger partial charge is 0.225 e. The normalized spacial score (nSPS) is 26.2. The number of piperazine rings is 1. The van der Waals surface area contributed by atoms with Gasteiger partial charge in [0.15, 0.2) is 5.96 Å². The van der Waals surface area contributed by atoms with Gasteiger partial charge < -0.3 is 25.2 Å². The number of carbonyl (C=O) groups is 1. The van der Waals surface area contributed by atoms with Crippen LogP contribution in [-0.4, -0.2) is 84.8 Å². The molecule has 0 aliphatic carbocycles. The van der Waals surface area contributed by atoms with Gasteiger partial charge in [-0.15, -0.1) is 24.0 Å². The van der Waals surface area contributed by atoms with Gasteiger partial charge >= 0.3 is 0 Å². The fourth-order valence-electron chi connectivity index (χ4n) is 4.22. The van der Waals surface area contributed by atoms with Crippen molar-refractivity contribution in [3.05, 3.63) is 18.5 Å². The standard InChI is InChI=1S/C19H29N7O2.HI/c1-20-18(24-15-13-14-3-4-16(15)28-14)21-8-5-17(27)25-9-11-26(12-10-25)19-22-6-2-7-23-19;/h2,6-7,14-16H,3-5,8-13H2,1H3,(H2,20,21,24);1H. The van der Waals surface area contributed by atoms with Crippen LogP contribution in [0.25, 0.3) is 0 Å². The molecule has 9 nitrogen and oxygen atoms in total. The van der Waals surface area contributed by atoms with E-state index in [1.54, 1.807) is 19.4 Å². The van der Waals surface area contributed by atoms with E-state index in [4.69, 9.17) is 4.74 Å². The van der Waals surface area contributed by atoms with Crippen molar-refractivity contribution in [2.45, 2.75) is 43.9 Å². The van der Waals surface area contributed by atoms with Crippen LogP contribution in [0.15, 0.2) is 23.5 Å². The van der Waals surface area contributed by atoms with Crippen LogP contribution in [-0.2, 0) is 9.53 Å². The van der Waals surface area contributed by atoms with Crippen molar-refractivity contribution < 1.29 is 9.53 Å². The quantitative estimate of drug-likeness (QED) is 0.337. The molecule has 1 aromatic heterocycles. The van der Waals surface area contributed by atoms with Crippen LogP contribution >= 0.6 is 24.0 Å². The third-order valence-electron chi connectivity index (χ3n) is 5.75. The van der Waals surface area contributed by atoms with E-state index >= 15 is 0 Å². The summed E-state index contributed by atoms with van der Waals surface area (Å²) in [6.45, 7) is 3.49. The lowest BCUT2D eigenvalue weighted by molar-refractivity contribution is -0.131. The topological polar surface area (TPSA) is 95.0 Å². The first-order valence-electron chi connectivity index (χ1n) is 10.2. The summed E-state index contributed by atoms with van der Waals surface area (Å²) < 4.78 is 5.87. The molecule has 10 heteroatoms. The number of nitrogens with zero attached hydrogens (tertiary/aromatic N) is 5. The molecule has 4 heterocycles. The van der Waals surface area contributed by atoms with Gasteiger partial charge in [-0.05, 0) is 25.3 Å². The first-order valence-corrected chi connectivity index (χ1v) is 10.2. The number of fused-ring (bicyclic) bond motifs is 2. The van der Waals surface area contributed by atoms with E-state index in [0.717, 1.165) is 37.8 Å². The predicted molar refractivity (Wildman–Crippen MR) is 122 cm³/mol. The summed E-state index contributed by atoms with van der Waals surface area (Å²) in [6, 6.07) is 2.14. The van der Waals surface area contributed by atoms with Gasteiger partial charge in [-0.2, -0.15) is 0 Å². The maximum atomic E-state index is 12.5. The number of aromatic nitrogens is 2. The first-order chi connectivity index (χ1) is 13.7. The minimum Gasteiger partial charge on any atom is -0.373 e. The molecule has 2 bridgehead atoms. The first kappa shape index (κ1) is 22.0. The third-order valence-corrected chi connectivity index (χ3v) is 5.75. The summed E-state index contributed by atoms with van der Waals surface area (Å²) in [5, 5.41) is 6.71. The number of rotatable bonds is 5. The summed E-state index contributed by atoms with van der Waals surface area (Å²) in [7, 11) is 1.76. The van der Waals surface area contributed by atoms with E-state index in [0.29, 0.717) is 44.3 Å². The van der Waals surface area contributed by atoms with E-state index in [9.17, 15) is 4.79 Å². The van der Waals surface area contributed by atoms with E-state index in [2.05, 4.69) is 30.5 Å². The Labute approximate surface area is 188 Å². The SMILES string of the molecule is CN=C(NCCC(=O)N1CCN(c2ncccn2)CC1)NC1CC2CCC1O2.I. The summed E-state index contributed by atoms with van der Waals surface area (Å²) in [5.74, 6) is 1.65. The Kier molecular flexibility index (Phi) is 7.87. The Balaban J connectivity index is 0.00000240. The van der Waals surface area contributed by atoms with Gasteiger partial charge in [0.1, 0.15) is 0 Å². The molecule has 3 saturated heterocycles. The lowest BCUT2D eigenvalue weighted by Gasteiger charge is -2.34. The van der Waals surface area contributed by atoms with Crippen molar-refractivity contribution >= 4 is 41.8 Å². The number of anilines is 1. The largest absolute Gasteiger partial charge is 0.373 e. The Bertz CT molecular complexity index is 697. The van der Waals surface area contributed by atoms with Crippen molar-refractivity contribution in [1.29, 1.82) is 0 Å². The zero-order valence-corrected chi connectivity index (χ0v) is 19.1. The number of ether oxygens (including phenoxy) is 1. The summed E-state index contributed by atoms with van der Waals surface area (Å²) >= 11 is 0. The highest BCUT2D eigenvalue weighted by Crippen LogP contribution is 2.34. The molecule has 29 heavy (non-hydrogen) atoms. The molecule has 1 aromatic rings. The Morgan fingerprint density at radius 3 is 2.62 bits per heavy atom. The van der Waals surface area contributed by atoms with Crippen molar-refractivity contribution in [1.82, 2.24) is 25.5 Å². The van der Waals surface area contributed by atoms with E-state index in [1.165, 1.54) is 6.42 Å². The molecule has 0 spiro atoms. The molecule has 0 radical (unpaired) electrons. The highest BCUT2D eigenvalue weighted by Gasteiger charge is 2.41. The molecular formula is C19H30IN7O2. The molecule has 2 N–H and O–H groups in total. The number of halogens is 1. The maximum absolute atomic E-state index is 12.5. The van der Waals surface area contributed by atoms with Crippen LogP contribution in [0.2, 0.25) is 0 Å². The highest BCUT2D eigenvalue weighted by molar-refractivity contribution is 14.0. The second-order valence-electron chi connectivity index (χ2n) is 7.53. The average molecular weight is 515 g/mol. The lowest BCUT2D eigenvalue weighted by atomic mass is 9.96. The molecule has 0 aromatic carbocycles. The fourth-order valence-corrected chi connectivity index (χ4v) is 4.22. The number of hydrogen-bond acceptors (Lipinski definition) is 6. The molecule has 3 fully saturated rings. The minimum absolute atomic E-state index is 0. The second-order valence-corrected chi connectivity index (χ2v) is 7.53. The molecule has 1 amide bonds. The number of guanidine groups is 1. The van der Waals surface area contributed by atoms with E-state index in [-0.39, 0.29) is 29.9 Å². The van der Waals surface area contributed by atoms with Gasteiger partial charge in [0, 0.05) is 58.6 Å². The van der Waals surface area contributed by atoms with Gasteiger partial charge in [0.05, 0.1) is 18.2 Å². The average Bonchev–Trinajstić information content (AvgIpc) is 3.37. The molecule has 3 unspecified atom stereocenters. The van der Waals surface area contributed by atoms with Crippen molar-refractivity contribution in [2.75, 3.05) is 44.7 Å². The number of aliphatic imine (C=N–C) groups is 1. The number of amides is 1. The monoisotopic (exact) mass is 515 g/mol. The third kappa shape index (κ3) is 5.47. The van der Waals surface area contributed by atoms with Crippen LogP contribution in [0, 0.1) is 0 Å². The Morgan fingerprint density at radius 1 is 1.24 bits per heavy atom. The van der Waals surface area contributed by atoms with Crippen molar-refractivity contribution in [3.8, 4) is 0 Å². The van der Waals surface area contributed by atoms with Crippen LogP contribution in [0.1, 0.15) is 25.7 Å². The lowest BCUT2D eigenvalue weighted by Crippen LogP contribution is -2.50. The van der Waals surface area contributed by atoms with Crippen molar-refractivity contribution in [3.63, 3.8) is 0 Å². The van der Waals surface area contributed by atoms with E-state index in [1.807, 2.05) is 11.0 Å². The van der Waals surface area contributed by atoms with Gasteiger partial charge in [-0.25, -0.2) is 9.97 Å². The van der Waals surface area contributed by atoms with Gasteiger partial charge in [0.25, 0.3) is 0 Å². The van der Waals surface area contributed by atoms with Gasteiger partial charge in [0.2, 0.25) is 11.9 Å². The number of nitrogens with one attached hydrogen (secondary N) is 2. The van der Waals surface area contributed by atoms with E-state index < -0.39 is 0 Å². The predicted octanol–water partition coefficient (Wildman–Crippen LogP) is 0.618. The molecule has 4 rings (SSSR count). The highest BCUT2D eigenvalue weighted by atomic mass is 127. The molecule has 3 aliphatic heterocycles.